The van der Waals surface area contributed by atoms with E-state index in [1.807, 2.05) is 31.5 Å². The molecule has 0 aliphatic heterocycles. The van der Waals surface area contributed by atoms with Crippen LogP contribution in [0.15, 0.2) is 40.1 Å². The van der Waals surface area contributed by atoms with E-state index in [0.717, 1.165) is 31.4 Å². The number of nitrogens with one attached hydrogen (secondary N) is 2. The molecule has 2 aromatic rings. The lowest BCUT2D eigenvalue weighted by atomic mass is 9.94. The number of hydrogen-bond donors (Lipinski definition) is 2. The van der Waals surface area contributed by atoms with Crippen molar-refractivity contribution < 1.29 is 4.42 Å². The van der Waals surface area contributed by atoms with Gasteiger partial charge in [-0.3, -0.25) is 0 Å². The Morgan fingerprint density at radius 1 is 1.26 bits per heavy atom. The van der Waals surface area contributed by atoms with Gasteiger partial charge < -0.3 is 19.6 Å². The molecule has 0 saturated carbocycles. The first-order valence-corrected chi connectivity index (χ1v) is 8.07. The third-order valence-corrected chi connectivity index (χ3v) is 3.34. The van der Waals surface area contributed by atoms with Crippen LogP contribution in [0.4, 0.5) is 0 Å². The number of rotatable bonds is 6. The summed E-state index contributed by atoms with van der Waals surface area (Å²) >= 11 is 0. The Morgan fingerprint density at radius 2 is 2.00 bits per heavy atom. The van der Waals surface area contributed by atoms with Gasteiger partial charge in [-0.25, -0.2) is 9.98 Å². The van der Waals surface area contributed by atoms with Gasteiger partial charge in [0, 0.05) is 37.4 Å². The summed E-state index contributed by atoms with van der Waals surface area (Å²) in [5.74, 6) is 2.29. The molecule has 0 saturated heterocycles. The van der Waals surface area contributed by atoms with Crippen molar-refractivity contribution in [3.63, 3.8) is 0 Å². The predicted molar refractivity (Wildman–Crippen MR) is 92.5 cm³/mol. The van der Waals surface area contributed by atoms with E-state index >= 15 is 0 Å². The molecule has 6 heteroatoms. The number of guanidine groups is 1. The zero-order valence-electron chi connectivity index (χ0n) is 14.5. The van der Waals surface area contributed by atoms with Crippen molar-refractivity contribution in [1.82, 2.24) is 20.2 Å². The third-order valence-electron chi connectivity index (χ3n) is 3.34. The summed E-state index contributed by atoms with van der Waals surface area (Å²) in [5.41, 5.74) is -0.0333. The van der Waals surface area contributed by atoms with Gasteiger partial charge in [0.05, 0.1) is 6.20 Å². The van der Waals surface area contributed by atoms with Gasteiger partial charge in [0.1, 0.15) is 12.3 Å². The summed E-state index contributed by atoms with van der Waals surface area (Å²) < 4.78 is 7.89. The lowest BCUT2D eigenvalue weighted by molar-refractivity contribution is 0.383. The summed E-state index contributed by atoms with van der Waals surface area (Å²) in [6.45, 7) is 11.3. The smallest absolute Gasteiger partial charge is 0.216 e. The fourth-order valence-corrected chi connectivity index (χ4v) is 2.04. The monoisotopic (exact) mass is 317 g/mol. The van der Waals surface area contributed by atoms with Crippen LogP contribution in [0.25, 0.3) is 0 Å². The molecular formula is C17H27N5O. The third kappa shape index (κ3) is 5.47. The normalized spacial score (nSPS) is 12.4. The SMILES string of the molecule is CCNC(=NCc1ncc(C(C)(C)C)o1)NCCn1cccc1. The van der Waals surface area contributed by atoms with Crippen LogP contribution in [0, 0.1) is 0 Å². The molecular weight excluding hydrogens is 290 g/mol. The minimum absolute atomic E-state index is 0.0333. The Labute approximate surface area is 138 Å². The highest BCUT2D eigenvalue weighted by Crippen LogP contribution is 2.22. The van der Waals surface area contributed by atoms with Crippen LogP contribution in [-0.2, 0) is 18.5 Å². The van der Waals surface area contributed by atoms with Crippen LogP contribution < -0.4 is 10.6 Å². The van der Waals surface area contributed by atoms with Gasteiger partial charge in [-0.1, -0.05) is 20.8 Å². The molecule has 6 nitrogen and oxygen atoms in total. The fraction of sp³-hybridized carbons (Fsp3) is 0.529. The first kappa shape index (κ1) is 17.1. The lowest BCUT2D eigenvalue weighted by Gasteiger charge is -2.13. The van der Waals surface area contributed by atoms with E-state index in [1.54, 1.807) is 6.20 Å². The number of nitrogens with zero attached hydrogens (tertiary/aromatic N) is 3. The summed E-state index contributed by atoms with van der Waals surface area (Å²) in [6, 6.07) is 4.04. The molecule has 0 spiro atoms. The molecule has 2 rings (SSSR count). The second-order valence-corrected chi connectivity index (χ2v) is 6.41. The second kappa shape index (κ2) is 7.85. The molecule has 0 radical (unpaired) electrons. The number of oxazole rings is 1. The maximum atomic E-state index is 5.76. The Kier molecular flexibility index (Phi) is 5.84. The van der Waals surface area contributed by atoms with Gasteiger partial charge in [0.15, 0.2) is 5.96 Å². The van der Waals surface area contributed by atoms with Gasteiger partial charge in [-0.2, -0.15) is 0 Å². The van der Waals surface area contributed by atoms with E-state index in [1.165, 1.54) is 0 Å². The number of hydrogen-bond acceptors (Lipinski definition) is 3. The minimum Gasteiger partial charge on any atom is -0.443 e. The van der Waals surface area contributed by atoms with Crippen molar-refractivity contribution in [3.8, 4) is 0 Å². The van der Waals surface area contributed by atoms with E-state index in [2.05, 4.69) is 45.9 Å². The topological polar surface area (TPSA) is 67.4 Å². The highest BCUT2D eigenvalue weighted by Gasteiger charge is 2.18. The van der Waals surface area contributed by atoms with Crippen LogP contribution in [0.1, 0.15) is 39.3 Å². The molecule has 0 amide bonds. The average molecular weight is 317 g/mol. The van der Waals surface area contributed by atoms with Crippen molar-refractivity contribution in [2.75, 3.05) is 13.1 Å². The molecule has 0 bridgehead atoms. The van der Waals surface area contributed by atoms with Gasteiger partial charge in [-0.05, 0) is 19.1 Å². The van der Waals surface area contributed by atoms with Gasteiger partial charge in [0.25, 0.3) is 0 Å². The van der Waals surface area contributed by atoms with E-state index in [-0.39, 0.29) is 5.41 Å². The standard InChI is InChI=1S/C17H27N5O/c1-5-18-16(19-8-11-22-9-6-7-10-22)21-13-15-20-12-14(23-15)17(2,3)4/h6-7,9-10,12H,5,8,11,13H2,1-4H3,(H2,18,19,21). The lowest BCUT2D eigenvalue weighted by Crippen LogP contribution is -2.38. The fourth-order valence-electron chi connectivity index (χ4n) is 2.04. The maximum Gasteiger partial charge on any atom is 0.216 e. The first-order chi connectivity index (χ1) is 11.0. The predicted octanol–water partition coefficient (Wildman–Crippen LogP) is 2.53. The van der Waals surface area contributed by atoms with Crippen LogP contribution >= 0.6 is 0 Å². The van der Waals surface area contributed by atoms with Crippen LogP contribution in [0.5, 0.6) is 0 Å². The quantitative estimate of drug-likeness (QED) is 0.634. The molecule has 0 aliphatic carbocycles. The maximum absolute atomic E-state index is 5.76. The van der Waals surface area contributed by atoms with Crippen LogP contribution in [0.2, 0.25) is 0 Å². The molecule has 2 heterocycles. The highest BCUT2D eigenvalue weighted by molar-refractivity contribution is 5.79. The average Bonchev–Trinajstić information content (AvgIpc) is 3.15. The van der Waals surface area contributed by atoms with Crippen molar-refractivity contribution in [1.29, 1.82) is 0 Å². The highest BCUT2D eigenvalue weighted by atomic mass is 16.4. The van der Waals surface area contributed by atoms with Gasteiger partial charge in [0.2, 0.25) is 5.89 Å². The van der Waals surface area contributed by atoms with Crippen LogP contribution in [-0.4, -0.2) is 28.6 Å². The summed E-state index contributed by atoms with van der Waals surface area (Å²) in [7, 11) is 0. The van der Waals surface area contributed by atoms with Crippen molar-refractivity contribution in [2.45, 2.75) is 46.2 Å². The summed E-state index contributed by atoms with van der Waals surface area (Å²) in [4.78, 5) is 8.83. The summed E-state index contributed by atoms with van der Waals surface area (Å²) in [6.07, 6.45) is 5.89. The van der Waals surface area contributed by atoms with Gasteiger partial charge >= 0.3 is 0 Å². The molecule has 0 unspecified atom stereocenters. The minimum atomic E-state index is -0.0333. The Hall–Kier alpha value is -2.24. The van der Waals surface area contributed by atoms with Gasteiger partial charge in [-0.15, -0.1) is 0 Å². The zero-order chi connectivity index (χ0) is 16.7. The van der Waals surface area contributed by atoms with E-state index in [4.69, 9.17) is 4.42 Å². The second-order valence-electron chi connectivity index (χ2n) is 6.41. The largest absolute Gasteiger partial charge is 0.443 e. The summed E-state index contributed by atoms with van der Waals surface area (Å²) in [5, 5.41) is 6.55. The molecule has 0 aliphatic rings. The number of aromatic nitrogens is 2. The molecule has 23 heavy (non-hydrogen) atoms. The van der Waals surface area contributed by atoms with Crippen LogP contribution in [0.3, 0.4) is 0 Å². The Bertz CT molecular complexity index is 607. The Balaban J connectivity index is 1.88. The molecule has 2 aromatic heterocycles. The number of aliphatic imine (C=N–C) groups is 1. The molecule has 2 N–H and O–H groups in total. The molecule has 0 aromatic carbocycles. The molecule has 126 valence electrons. The first-order valence-electron chi connectivity index (χ1n) is 8.07. The van der Waals surface area contributed by atoms with E-state index < -0.39 is 0 Å². The zero-order valence-corrected chi connectivity index (χ0v) is 14.5. The van der Waals surface area contributed by atoms with Crippen molar-refractivity contribution >= 4 is 5.96 Å². The molecule has 0 atom stereocenters. The van der Waals surface area contributed by atoms with E-state index in [0.29, 0.717) is 12.4 Å². The van der Waals surface area contributed by atoms with Crippen molar-refractivity contribution in [3.05, 3.63) is 42.4 Å². The Morgan fingerprint density at radius 3 is 2.61 bits per heavy atom. The van der Waals surface area contributed by atoms with E-state index in [9.17, 15) is 0 Å². The van der Waals surface area contributed by atoms with Crippen molar-refractivity contribution in [2.24, 2.45) is 4.99 Å². The molecule has 0 fully saturated rings.